The zero-order valence-corrected chi connectivity index (χ0v) is 23.3. The van der Waals surface area contributed by atoms with Gasteiger partial charge in [0.1, 0.15) is 17.0 Å². The average Bonchev–Trinajstić information content (AvgIpc) is 3.01. The highest BCUT2D eigenvalue weighted by atomic mass is 16.5. The minimum atomic E-state index is -0.0690. The molecule has 0 spiro atoms. The normalized spacial score (nSPS) is 11.1. The van der Waals surface area contributed by atoms with E-state index in [0.717, 1.165) is 53.6 Å². The number of aromatic nitrogens is 1. The van der Waals surface area contributed by atoms with E-state index in [4.69, 9.17) is 18.9 Å². The molecule has 4 rings (SSSR count). The average molecular weight is 540 g/mol. The fraction of sp³-hybridized carbons (Fsp3) is 0.294. The maximum atomic E-state index is 12.6. The molecule has 1 heterocycles. The first-order chi connectivity index (χ1) is 19.7. The Morgan fingerprint density at radius 1 is 0.725 bits per heavy atom. The molecule has 0 N–H and O–H groups in total. The predicted molar refractivity (Wildman–Crippen MR) is 160 cm³/mol. The van der Waals surface area contributed by atoms with E-state index in [1.165, 1.54) is 12.8 Å². The first-order valence-electron chi connectivity index (χ1n) is 13.8. The van der Waals surface area contributed by atoms with Gasteiger partial charge in [-0.1, -0.05) is 56.0 Å². The third kappa shape index (κ3) is 8.34. The van der Waals surface area contributed by atoms with Crippen LogP contribution in [0.4, 0.5) is 0 Å². The van der Waals surface area contributed by atoms with Gasteiger partial charge in [0.15, 0.2) is 17.3 Å². The molecule has 40 heavy (non-hydrogen) atoms. The summed E-state index contributed by atoms with van der Waals surface area (Å²) in [5.74, 6) is 2.84. The molecule has 3 aromatic carbocycles. The lowest BCUT2D eigenvalue weighted by Gasteiger charge is -2.09. The van der Waals surface area contributed by atoms with E-state index in [2.05, 4.69) is 17.1 Å². The zero-order chi connectivity index (χ0) is 28.0. The molecule has 0 radical (unpaired) electrons. The number of allylic oxidation sites excluding steroid dienone is 1. The number of ketones is 1. The number of hydrogen-bond acceptors (Lipinski definition) is 6. The Balaban J connectivity index is 1.08. The molecule has 0 unspecified atom stereocenters. The van der Waals surface area contributed by atoms with Crippen LogP contribution < -0.4 is 18.9 Å². The van der Waals surface area contributed by atoms with Crippen molar-refractivity contribution in [1.29, 1.82) is 0 Å². The molecule has 0 atom stereocenters. The van der Waals surface area contributed by atoms with Gasteiger partial charge >= 0.3 is 0 Å². The van der Waals surface area contributed by atoms with Crippen LogP contribution in [0.2, 0.25) is 0 Å². The molecule has 208 valence electrons. The lowest BCUT2D eigenvalue weighted by atomic mass is 10.1. The van der Waals surface area contributed by atoms with E-state index in [0.29, 0.717) is 30.3 Å². The number of carbonyl (C=O) groups is 1. The van der Waals surface area contributed by atoms with Gasteiger partial charge < -0.3 is 18.9 Å². The minimum Gasteiger partial charge on any atom is -0.494 e. The van der Waals surface area contributed by atoms with E-state index in [9.17, 15) is 4.79 Å². The largest absolute Gasteiger partial charge is 0.494 e. The number of nitrogens with zero attached hydrogens (tertiary/aromatic N) is 1. The van der Waals surface area contributed by atoms with Crippen LogP contribution in [0.5, 0.6) is 23.0 Å². The first-order valence-corrected chi connectivity index (χ1v) is 13.8. The first kappa shape index (κ1) is 28.7. The monoisotopic (exact) mass is 539 g/mol. The summed E-state index contributed by atoms with van der Waals surface area (Å²) in [6, 6.07) is 22.9. The van der Waals surface area contributed by atoms with Crippen LogP contribution in [0.15, 0.2) is 85.1 Å². The summed E-state index contributed by atoms with van der Waals surface area (Å²) in [5, 5.41) is 1.10. The lowest BCUT2D eigenvalue weighted by molar-refractivity contribution is 0.104. The van der Waals surface area contributed by atoms with Crippen LogP contribution in [-0.4, -0.2) is 38.2 Å². The summed E-state index contributed by atoms with van der Waals surface area (Å²) in [6.45, 7) is 1.38. The van der Waals surface area contributed by atoms with Gasteiger partial charge in [0, 0.05) is 17.1 Å². The van der Waals surface area contributed by atoms with Crippen molar-refractivity contribution in [2.45, 2.75) is 38.5 Å². The number of carbonyl (C=O) groups excluding carboxylic acids is 1. The Kier molecular flexibility index (Phi) is 11.0. The standard InChI is InChI=1S/C34H37NO5/c1-37-31-21-15-26(25-33(31)38-2)14-20-30(36)27-16-18-29(19-17-27)39-23-7-5-3-4-6-8-24-40-32-13-9-11-28-12-10-22-35-34(28)32/h9-22,25H,3-8,23-24H2,1-2H3/b20-14+. The van der Waals surface area contributed by atoms with Crippen LogP contribution >= 0.6 is 0 Å². The molecule has 4 aromatic rings. The second-order valence-corrected chi connectivity index (χ2v) is 9.49. The van der Waals surface area contributed by atoms with E-state index in [1.54, 1.807) is 44.7 Å². The highest BCUT2D eigenvalue weighted by Crippen LogP contribution is 2.28. The van der Waals surface area contributed by atoms with Gasteiger partial charge in [-0.3, -0.25) is 9.78 Å². The molecule has 0 saturated heterocycles. The zero-order valence-electron chi connectivity index (χ0n) is 23.3. The second kappa shape index (κ2) is 15.3. The van der Waals surface area contributed by atoms with Crippen LogP contribution in [-0.2, 0) is 0 Å². The van der Waals surface area contributed by atoms with Crippen molar-refractivity contribution < 1.29 is 23.7 Å². The van der Waals surface area contributed by atoms with E-state index < -0.39 is 0 Å². The quantitative estimate of drug-likeness (QED) is 0.0818. The Morgan fingerprint density at radius 2 is 1.43 bits per heavy atom. The van der Waals surface area contributed by atoms with Gasteiger partial charge in [-0.15, -0.1) is 0 Å². The molecule has 0 fully saturated rings. The predicted octanol–water partition coefficient (Wildman–Crippen LogP) is 7.95. The maximum Gasteiger partial charge on any atom is 0.185 e. The van der Waals surface area contributed by atoms with Gasteiger partial charge in [-0.05, 0) is 73.0 Å². The molecule has 0 bridgehead atoms. The van der Waals surface area contributed by atoms with Gasteiger partial charge in [0.25, 0.3) is 0 Å². The fourth-order valence-corrected chi connectivity index (χ4v) is 4.42. The number of fused-ring (bicyclic) bond motifs is 1. The number of ether oxygens (including phenoxy) is 4. The molecule has 0 aliphatic rings. The maximum absolute atomic E-state index is 12.6. The number of benzene rings is 3. The van der Waals surface area contributed by atoms with E-state index in [1.807, 2.05) is 48.5 Å². The van der Waals surface area contributed by atoms with E-state index >= 15 is 0 Å². The molecule has 0 saturated carbocycles. The Labute approximate surface area is 236 Å². The lowest BCUT2D eigenvalue weighted by Crippen LogP contribution is -2.00. The Hall–Kier alpha value is -4.32. The Bertz CT molecular complexity index is 1390. The van der Waals surface area contributed by atoms with Gasteiger partial charge in [-0.2, -0.15) is 0 Å². The highest BCUT2D eigenvalue weighted by molar-refractivity contribution is 6.06. The molecule has 0 aliphatic carbocycles. The smallest absolute Gasteiger partial charge is 0.185 e. The molecule has 1 aromatic heterocycles. The number of rotatable bonds is 16. The minimum absolute atomic E-state index is 0.0690. The van der Waals surface area contributed by atoms with Gasteiger partial charge in [0.05, 0.1) is 27.4 Å². The van der Waals surface area contributed by atoms with Gasteiger partial charge in [-0.25, -0.2) is 0 Å². The highest BCUT2D eigenvalue weighted by Gasteiger charge is 2.06. The van der Waals surface area contributed by atoms with Crippen LogP contribution in [0.3, 0.4) is 0 Å². The SMILES string of the molecule is COc1ccc(/C=C/C(=O)c2ccc(OCCCCCCCCOc3cccc4cccnc34)cc2)cc1OC. The third-order valence-electron chi connectivity index (χ3n) is 6.63. The summed E-state index contributed by atoms with van der Waals surface area (Å²) in [7, 11) is 3.18. The topological polar surface area (TPSA) is 66.9 Å². The molecule has 6 nitrogen and oxygen atoms in total. The molecule has 0 amide bonds. The summed E-state index contributed by atoms with van der Waals surface area (Å²) in [5.41, 5.74) is 2.40. The van der Waals surface area contributed by atoms with Crippen molar-refractivity contribution in [2.24, 2.45) is 0 Å². The van der Waals surface area contributed by atoms with Gasteiger partial charge in [0.2, 0.25) is 0 Å². The van der Waals surface area contributed by atoms with Crippen molar-refractivity contribution >= 4 is 22.8 Å². The second-order valence-electron chi connectivity index (χ2n) is 9.49. The van der Waals surface area contributed by atoms with Crippen LogP contribution in [0.25, 0.3) is 17.0 Å². The van der Waals surface area contributed by atoms with E-state index in [-0.39, 0.29) is 5.78 Å². The fourth-order valence-electron chi connectivity index (χ4n) is 4.42. The van der Waals surface area contributed by atoms with Crippen molar-refractivity contribution in [2.75, 3.05) is 27.4 Å². The van der Waals surface area contributed by atoms with Crippen molar-refractivity contribution in [3.05, 3.63) is 96.2 Å². The number of methoxy groups -OCH3 is 2. The number of pyridine rings is 1. The van der Waals surface area contributed by atoms with Crippen molar-refractivity contribution in [3.63, 3.8) is 0 Å². The summed E-state index contributed by atoms with van der Waals surface area (Å²) < 4.78 is 22.4. The summed E-state index contributed by atoms with van der Waals surface area (Å²) >= 11 is 0. The number of para-hydroxylation sites is 1. The van der Waals surface area contributed by atoms with Crippen LogP contribution in [0, 0.1) is 0 Å². The molecular formula is C34H37NO5. The number of unbranched alkanes of at least 4 members (excludes halogenated alkanes) is 5. The third-order valence-corrected chi connectivity index (χ3v) is 6.63. The molecular weight excluding hydrogens is 502 g/mol. The molecule has 0 aliphatic heterocycles. The summed E-state index contributed by atoms with van der Waals surface area (Å²) in [6.07, 6.45) is 11.8. The van der Waals surface area contributed by atoms with Crippen molar-refractivity contribution in [1.82, 2.24) is 4.98 Å². The van der Waals surface area contributed by atoms with Crippen molar-refractivity contribution in [3.8, 4) is 23.0 Å². The summed E-state index contributed by atoms with van der Waals surface area (Å²) in [4.78, 5) is 17.0. The van der Waals surface area contributed by atoms with Crippen LogP contribution in [0.1, 0.15) is 54.4 Å². The Morgan fingerprint density at radius 3 is 2.17 bits per heavy atom. The number of hydrogen-bond donors (Lipinski definition) is 0. The molecule has 6 heteroatoms.